The summed E-state index contributed by atoms with van der Waals surface area (Å²) in [6, 6.07) is 2.41. The van der Waals surface area contributed by atoms with E-state index in [-0.39, 0.29) is 11.8 Å². The topological polar surface area (TPSA) is 59.6 Å². The first-order valence-corrected chi connectivity index (χ1v) is 7.49. The first-order chi connectivity index (χ1) is 10.6. The quantitative estimate of drug-likeness (QED) is 0.873. The molecule has 1 aromatic carbocycles. The number of carbonyl (C=O) groups excluding carboxylic acids is 1. The molecule has 5 nitrogen and oxygen atoms in total. The molecule has 1 saturated heterocycles. The Bertz CT molecular complexity index is 530. The van der Waals surface area contributed by atoms with E-state index in [1.54, 1.807) is 13.0 Å². The van der Waals surface area contributed by atoms with Gasteiger partial charge in [-0.15, -0.1) is 0 Å². The Labute approximate surface area is 130 Å². The minimum absolute atomic E-state index is 0.0473. The molecule has 22 heavy (non-hydrogen) atoms. The van der Waals surface area contributed by atoms with E-state index in [9.17, 15) is 9.18 Å². The Hall–Kier alpha value is -1.82. The van der Waals surface area contributed by atoms with Gasteiger partial charge in [0.2, 0.25) is 5.91 Å². The zero-order valence-corrected chi connectivity index (χ0v) is 13.2. The van der Waals surface area contributed by atoms with Crippen molar-refractivity contribution in [3.63, 3.8) is 0 Å². The second-order valence-electron chi connectivity index (χ2n) is 5.50. The predicted molar refractivity (Wildman–Crippen MR) is 81.7 cm³/mol. The van der Waals surface area contributed by atoms with Gasteiger partial charge >= 0.3 is 0 Å². The van der Waals surface area contributed by atoms with Crippen molar-refractivity contribution in [2.45, 2.75) is 25.8 Å². The van der Waals surface area contributed by atoms with Gasteiger partial charge in [0.25, 0.3) is 0 Å². The highest BCUT2D eigenvalue weighted by atomic mass is 19.1. The van der Waals surface area contributed by atoms with Gasteiger partial charge in [-0.3, -0.25) is 4.79 Å². The normalized spacial score (nSPS) is 19.4. The van der Waals surface area contributed by atoms with Gasteiger partial charge in [-0.2, -0.15) is 0 Å². The zero-order valence-electron chi connectivity index (χ0n) is 13.2. The summed E-state index contributed by atoms with van der Waals surface area (Å²) in [5.41, 5.74) is 0.384. The third kappa shape index (κ3) is 3.68. The summed E-state index contributed by atoms with van der Waals surface area (Å²) in [7, 11) is 2.95. The van der Waals surface area contributed by atoms with Gasteiger partial charge in [-0.25, -0.2) is 4.39 Å². The number of methoxy groups -OCH3 is 2. The number of piperidine rings is 1. The van der Waals surface area contributed by atoms with Crippen molar-refractivity contribution >= 4 is 5.91 Å². The lowest BCUT2D eigenvalue weighted by Gasteiger charge is -2.24. The van der Waals surface area contributed by atoms with Gasteiger partial charge in [-0.05, 0) is 32.4 Å². The lowest BCUT2D eigenvalue weighted by atomic mass is 9.97. The van der Waals surface area contributed by atoms with Crippen LogP contribution in [0.5, 0.6) is 11.5 Å². The molecule has 0 spiro atoms. The number of hydrogen-bond acceptors (Lipinski definition) is 4. The van der Waals surface area contributed by atoms with Crippen LogP contribution in [0.3, 0.4) is 0 Å². The SMILES string of the molecule is COc1cc(F)c(C(C)NC(=O)C2CCCNC2)cc1OC. The molecule has 0 bridgehead atoms. The molecule has 6 heteroatoms. The average Bonchev–Trinajstić information content (AvgIpc) is 2.55. The smallest absolute Gasteiger partial charge is 0.224 e. The summed E-state index contributed by atoms with van der Waals surface area (Å²) in [6.07, 6.45) is 1.84. The van der Waals surface area contributed by atoms with Gasteiger partial charge in [0.15, 0.2) is 11.5 Å². The summed E-state index contributed by atoms with van der Waals surface area (Å²) in [5, 5.41) is 6.08. The van der Waals surface area contributed by atoms with Crippen LogP contribution in [0.4, 0.5) is 4.39 Å². The molecule has 1 aromatic rings. The average molecular weight is 310 g/mol. The summed E-state index contributed by atoms with van der Waals surface area (Å²) in [5.74, 6) is 0.249. The number of amides is 1. The van der Waals surface area contributed by atoms with Gasteiger partial charge in [0.05, 0.1) is 26.2 Å². The van der Waals surface area contributed by atoms with Crippen LogP contribution in [0, 0.1) is 11.7 Å². The Morgan fingerprint density at radius 3 is 2.64 bits per heavy atom. The van der Waals surface area contributed by atoms with Crippen molar-refractivity contribution in [3.8, 4) is 11.5 Å². The van der Waals surface area contributed by atoms with E-state index < -0.39 is 11.9 Å². The molecule has 2 rings (SSSR count). The number of nitrogens with one attached hydrogen (secondary N) is 2. The molecule has 1 heterocycles. The van der Waals surface area contributed by atoms with Gasteiger partial charge in [-0.1, -0.05) is 0 Å². The molecule has 2 atom stereocenters. The van der Waals surface area contributed by atoms with Crippen LogP contribution < -0.4 is 20.1 Å². The monoisotopic (exact) mass is 310 g/mol. The molecule has 122 valence electrons. The van der Waals surface area contributed by atoms with Crippen molar-refractivity contribution in [1.82, 2.24) is 10.6 Å². The fraction of sp³-hybridized carbons (Fsp3) is 0.562. The lowest BCUT2D eigenvalue weighted by Crippen LogP contribution is -2.41. The van der Waals surface area contributed by atoms with Crippen molar-refractivity contribution in [2.75, 3.05) is 27.3 Å². The van der Waals surface area contributed by atoms with Gasteiger partial charge < -0.3 is 20.1 Å². The summed E-state index contributed by atoms with van der Waals surface area (Å²) < 4.78 is 24.5. The fourth-order valence-electron chi connectivity index (χ4n) is 2.69. The van der Waals surface area contributed by atoms with E-state index in [4.69, 9.17) is 9.47 Å². The third-order valence-electron chi connectivity index (χ3n) is 4.00. The summed E-state index contributed by atoms with van der Waals surface area (Å²) in [4.78, 5) is 12.2. The van der Waals surface area contributed by atoms with Crippen LogP contribution in [0.15, 0.2) is 12.1 Å². The molecule has 0 aliphatic carbocycles. The number of ether oxygens (including phenoxy) is 2. The zero-order chi connectivity index (χ0) is 16.1. The molecule has 0 saturated carbocycles. The van der Waals surface area contributed by atoms with Crippen LogP contribution >= 0.6 is 0 Å². The van der Waals surface area contributed by atoms with E-state index >= 15 is 0 Å². The van der Waals surface area contributed by atoms with Gasteiger partial charge in [0.1, 0.15) is 5.82 Å². The number of halogens is 1. The molecule has 2 unspecified atom stereocenters. The number of carbonyl (C=O) groups is 1. The second kappa shape index (κ2) is 7.45. The molecule has 1 aliphatic heterocycles. The molecule has 0 radical (unpaired) electrons. The predicted octanol–water partition coefficient (Wildman–Crippen LogP) is 2.02. The van der Waals surface area contributed by atoms with Crippen molar-refractivity contribution in [3.05, 3.63) is 23.5 Å². The minimum atomic E-state index is -0.436. The van der Waals surface area contributed by atoms with Crippen LogP contribution in [-0.4, -0.2) is 33.2 Å². The largest absolute Gasteiger partial charge is 0.493 e. The first kappa shape index (κ1) is 16.5. The molecule has 1 amide bonds. The first-order valence-electron chi connectivity index (χ1n) is 7.49. The van der Waals surface area contributed by atoms with E-state index in [1.165, 1.54) is 20.3 Å². The molecule has 1 aliphatic rings. The summed E-state index contributed by atoms with van der Waals surface area (Å²) >= 11 is 0. The standard InChI is InChI=1S/C16H23FN2O3/c1-10(19-16(20)11-5-4-6-18-9-11)12-7-14(21-2)15(22-3)8-13(12)17/h7-8,10-11,18H,4-6,9H2,1-3H3,(H,19,20). The summed E-state index contributed by atoms with van der Waals surface area (Å²) in [6.45, 7) is 3.38. The number of hydrogen-bond donors (Lipinski definition) is 2. The highest BCUT2D eigenvalue weighted by Gasteiger charge is 2.24. The Balaban J connectivity index is 2.11. The highest BCUT2D eigenvalue weighted by Crippen LogP contribution is 2.32. The number of rotatable bonds is 5. The maximum Gasteiger partial charge on any atom is 0.224 e. The Morgan fingerprint density at radius 2 is 2.05 bits per heavy atom. The Kier molecular flexibility index (Phi) is 5.60. The van der Waals surface area contributed by atoms with E-state index in [1.807, 2.05) is 0 Å². The van der Waals surface area contributed by atoms with Crippen LogP contribution in [0.2, 0.25) is 0 Å². The number of benzene rings is 1. The highest BCUT2D eigenvalue weighted by molar-refractivity contribution is 5.79. The molecular weight excluding hydrogens is 287 g/mol. The van der Waals surface area contributed by atoms with E-state index in [2.05, 4.69) is 10.6 Å². The Morgan fingerprint density at radius 1 is 1.36 bits per heavy atom. The third-order valence-corrected chi connectivity index (χ3v) is 4.00. The van der Waals surface area contributed by atoms with Crippen LogP contribution in [0.1, 0.15) is 31.4 Å². The molecule has 2 N–H and O–H groups in total. The van der Waals surface area contributed by atoms with Crippen LogP contribution in [-0.2, 0) is 4.79 Å². The van der Waals surface area contributed by atoms with Crippen LogP contribution in [0.25, 0.3) is 0 Å². The lowest BCUT2D eigenvalue weighted by molar-refractivity contribution is -0.126. The molecule has 0 aromatic heterocycles. The molecular formula is C16H23FN2O3. The van der Waals surface area contributed by atoms with E-state index in [0.717, 1.165) is 19.4 Å². The van der Waals surface area contributed by atoms with Crippen molar-refractivity contribution in [1.29, 1.82) is 0 Å². The second-order valence-corrected chi connectivity index (χ2v) is 5.50. The fourth-order valence-corrected chi connectivity index (χ4v) is 2.69. The maximum atomic E-state index is 14.2. The van der Waals surface area contributed by atoms with E-state index in [0.29, 0.717) is 23.6 Å². The minimum Gasteiger partial charge on any atom is -0.493 e. The maximum absolute atomic E-state index is 14.2. The van der Waals surface area contributed by atoms with Crippen molar-refractivity contribution in [2.24, 2.45) is 5.92 Å². The molecule has 1 fully saturated rings. The van der Waals surface area contributed by atoms with Gasteiger partial charge in [0, 0.05) is 18.2 Å². The van der Waals surface area contributed by atoms with Crippen molar-refractivity contribution < 1.29 is 18.7 Å².